The van der Waals surface area contributed by atoms with E-state index in [0.717, 1.165) is 16.9 Å². The zero-order valence-corrected chi connectivity index (χ0v) is 14.4. The molecule has 8 heteroatoms. The van der Waals surface area contributed by atoms with Crippen molar-refractivity contribution in [1.82, 2.24) is 29.9 Å². The van der Waals surface area contributed by atoms with Crippen LogP contribution in [-0.2, 0) is 0 Å². The predicted molar refractivity (Wildman–Crippen MR) is 96.9 cm³/mol. The molecule has 0 amide bonds. The third kappa shape index (κ3) is 3.02. The van der Waals surface area contributed by atoms with E-state index >= 15 is 0 Å². The molecule has 0 aliphatic heterocycles. The molecule has 3 heterocycles. The van der Waals surface area contributed by atoms with Crippen LogP contribution in [0.15, 0.2) is 48.7 Å². The highest BCUT2D eigenvalue weighted by molar-refractivity contribution is 5.54. The first-order valence-electron chi connectivity index (χ1n) is 8.21. The minimum Gasteiger partial charge on any atom is -0.308 e. The fraction of sp³-hybridized carbons (Fsp3) is 0.167. The summed E-state index contributed by atoms with van der Waals surface area (Å²) in [6.07, 6.45) is 1.88. The predicted octanol–water partition coefficient (Wildman–Crippen LogP) is 2.95. The molecular formula is C18H18FN7. The molecule has 0 fully saturated rings. The normalized spacial score (nSPS) is 12.4. The number of aromatic nitrogens is 5. The number of aryl methyl sites for hydroxylation is 1. The van der Waals surface area contributed by atoms with Gasteiger partial charge in [-0.3, -0.25) is 9.50 Å². The molecule has 4 rings (SSSR count). The van der Waals surface area contributed by atoms with Crippen LogP contribution in [0.4, 0.5) is 16.2 Å². The third-order valence-corrected chi connectivity index (χ3v) is 4.10. The number of aromatic amines is 1. The van der Waals surface area contributed by atoms with E-state index in [1.807, 2.05) is 42.8 Å². The molecule has 0 spiro atoms. The van der Waals surface area contributed by atoms with Crippen LogP contribution in [0.3, 0.4) is 0 Å². The Kier molecular flexibility index (Phi) is 4.10. The molecule has 0 aliphatic carbocycles. The van der Waals surface area contributed by atoms with Crippen LogP contribution < -0.4 is 10.6 Å². The number of hydrogen-bond acceptors (Lipinski definition) is 5. The molecule has 0 saturated heterocycles. The summed E-state index contributed by atoms with van der Waals surface area (Å²) in [7, 11) is 1.82. The van der Waals surface area contributed by atoms with Gasteiger partial charge >= 0.3 is 0 Å². The average Bonchev–Trinajstić information content (AvgIpc) is 3.26. The van der Waals surface area contributed by atoms with Crippen LogP contribution in [0.25, 0.3) is 5.65 Å². The Morgan fingerprint density at radius 1 is 1.15 bits per heavy atom. The Labute approximate surface area is 149 Å². The van der Waals surface area contributed by atoms with Crippen LogP contribution in [0.1, 0.15) is 23.1 Å². The maximum absolute atomic E-state index is 13.3. The Hall–Kier alpha value is -3.26. The molecule has 0 saturated carbocycles. The molecule has 1 aromatic carbocycles. The van der Waals surface area contributed by atoms with Crippen LogP contribution in [0.2, 0.25) is 0 Å². The van der Waals surface area contributed by atoms with Gasteiger partial charge in [-0.05, 0) is 43.8 Å². The second kappa shape index (κ2) is 6.57. The molecule has 7 nitrogen and oxygen atoms in total. The summed E-state index contributed by atoms with van der Waals surface area (Å²) in [5.41, 5.74) is 2.59. The minimum absolute atomic E-state index is 0.267. The van der Waals surface area contributed by atoms with E-state index in [4.69, 9.17) is 0 Å². The molecule has 4 aromatic rings. The van der Waals surface area contributed by atoms with Crippen LogP contribution in [-0.4, -0.2) is 31.6 Å². The number of nitrogens with zero attached hydrogens (tertiary/aromatic N) is 4. The number of anilines is 2. The van der Waals surface area contributed by atoms with Crippen molar-refractivity contribution in [2.75, 3.05) is 12.4 Å². The lowest BCUT2D eigenvalue weighted by Gasteiger charge is -2.17. The number of hydrogen-bond donors (Lipinski definition) is 3. The number of H-pyrrole nitrogens is 1. The van der Waals surface area contributed by atoms with Crippen LogP contribution in [0, 0.1) is 12.7 Å². The summed E-state index contributed by atoms with van der Waals surface area (Å²) in [4.78, 5) is 9.32. The summed E-state index contributed by atoms with van der Waals surface area (Å²) in [5.74, 6) is 1.58. The molecule has 0 radical (unpaired) electrons. The Balaban J connectivity index is 1.78. The van der Waals surface area contributed by atoms with E-state index in [2.05, 4.69) is 30.8 Å². The topological polar surface area (TPSA) is 82.9 Å². The van der Waals surface area contributed by atoms with Crippen molar-refractivity contribution >= 4 is 17.4 Å². The molecule has 1 unspecified atom stereocenters. The minimum atomic E-state index is -0.275. The van der Waals surface area contributed by atoms with Crippen molar-refractivity contribution in [2.24, 2.45) is 0 Å². The molecule has 132 valence electrons. The summed E-state index contributed by atoms with van der Waals surface area (Å²) in [6, 6.07) is 11.8. The van der Waals surface area contributed by atoms with E-state index in [-0.39, 0.29) is 11.9 Å². The lowest BCUT2D eigenvalue weighted by Crippen LogP contribution is -2.21. The van der Waals surface area contributed by atoms with Crippen molar-refractivity contribution in [3.63, 3.8) is 0 Å². The standard InChI is InChI=1S/C18H18FN7/c1-11-10-14(25-24-11)21-18-23-17(22-15-4-3-9-26(15)18)16(20-2)12-5-7-13(19)8-6-12/h3-10,16,20H,1-2H3,(H2,21,22,23,24,25). The molecular weight excluding hydrogens is 333 g/mol. The van der Waals surface area contributed by atoms with Gasteiger partial charge in [-0.2, -0.15) is 10.1 Å². The molecule has 26 heavy (non-hydrogen) atoms. The summed E-state index contributed by atoms with van der Waals surface area (Å²) < 4.78 is 15.1. The van der Waals surface area contributed by atoms with E-state index in [1.165, 1.54) is 12.1 Å². The van der Waals surface area contributed by atoms with Gasteiger partial charge in [0.05, 0.1) is 6.04 Å². The monoisotopic (exact) mass is 351 g/mol. The lowest BCUT2D eigenvalue weighted by atomic mass is 10.1. The average molecular weight is 351 g/mol. The van der Waals surface area contributed by atoms with E-state index in [0.29, 0.717) is 17.6 Å². The SMILES string of the molecule is CNC(c1ccc(F)cc1)c1nc(Nc2cc(C)[nH]n2)n2cccc2n1. The summed E-state index contributed by atoms with van der Waals surface area (Å²) in [6.45, 7) is 1.93. The van der Waals surface area contributed by atoms with Gasteiger partial charge in [-0.1, -0.05) is 12.1 Å². The van der Waals surface area contributed by atoms with Crippen molar-refractivity contribution < 1.29 is 4.39 Å². The Morgan fingerprint density at radius 2 is 1.96 bits per heavy atom. The summed E-state index contributed by atoms with van der Waals surface area (Å²) in [5, 5.41) is 13.5. The third-order valence-electron chi connectivity index (χ3n) is 4.10. The van der Waals surface area contributed by atoms with E-state index in [1.54, 1.807) is 12.1 Å². The largest absolute Gasteiger partial charge is 0.308 e. The number of fused-ring (bicyclic) bond motifs is 1. The van der Waals surface area contributed by atoms with Gasteiger partial charge in [-0.25, -0.2) is 9.37 Å². The number of halogens is 1. The number of nitrogens with one attached hydrogen (secondary N) is 3. The first-order valence-corrected chi connectivity index (χ1v) is 8.21. The van der Waals surface area contributed by atoms with E-state index in [9.17, 15) is 4.39 Å². The maximum atomic E-state index is 13.3. The quantitative estimate of drug-likeness (QED) is 0.515. The fourth-order valence-electron chi connectivity index (χ4n) is 2.86. The molecule has 0 bridgehead atoms. The first kappa shape index (κ1) is 16.2. The zero-order valence-electron chi connectivity index (χ0n) is 14.4. The van der Waals surface area contributed by atoms with Gasteiger partial charge < -0.3 is 10.6 Å². The van der Waals surface area contributed by atoms with E-state index < -0.39 is 0 Å². The van der Waals surface area contributed by atoms with Gasteiger partial charge in [0.15, 0.2) is 11.6 Å². The molecule has 1 atom stereocenters. The smallest absolute Gasteiger partial charge is 0.216 e. The number of benzene rings is 1. The highest BCUT2D eigenvalue weighted by Gasteiger charge is 2.18. The van der Waals surface area contributed by atoms with Crippen molar-refractivity contribution in [2.45, 2.75) is 13.0 Å². The Morgan fingerprint density at radius 3 is 2.65 bits per heavy atom. The summed E-state index contributed by atoms with van der Waals surface area (Å²) >= 11 is 0. The van der Waals surface area contributed by atoms with Gasteiger partial charge in [0.2, 0.25) is 5.95 Å². The fourth-order valence-corrected chi connectivity index (χ4v) is 2.86. The van der Waals surface area contributed by atoms with Crippen molar-refractivity contribution in [3.8, 4) is 0 Å². The second-order valence-corrected chi connectivity index (χ2v) is 5.98. The first-order chi connectivity index (χ1) is 12.6. The highest BCUT2D eigenvalue weighted by atomic mass is 19.1. The maximum Gasteiger partial charge on any atom is 0.216 e. The van der Waals surface area contributed by atoms with Crippen molar-refractivity contribution in [1.29, 1.82) is 0 Å². The van der Waals surface area contributed by atoms with Crippen LogP contribution >= 0.6 is 0 Å². The van der Waals surface area contributed by atoms with Crippen LogP contribution in [0.5, 0.6) is 0 Å². The molecule has 3 aromatic heterocycles. The number of rotatable bonds is 5. The lowest BCUT2D eigenvalue weighted by molar-refractivity contribution is 0.618. The highest BCUT2D eigenvalue weighted by Crippen LogP contribution is 2.23. The van der Waals surface area contributed by atoms with Gasteiger partial charge in [0.25, 0.3) is 0 Å². The van der Waals surface area contributed by atoms with Gasteiger partial charge in [0, 0.05) is 18.0 Å². The second-order valence-electron chi connectivity index (χ2n) is 5.98. The molecule has 3 N–H and O–H groups in total. The Bertz CT molecular complexity index is 1040. The zero-order chi connectivity index (χ0) is 18.1. The van der Waals surface area contributed by atoms with Crippen molar-refractivity contribution in [3.05, 3.63) is 71.6 Å². The molecule has 0 aliphatic rings. The van der Waals surface area contributed by atoms with Gasteiger partial charge in [-0.15, -0.1) is 0 Å². The van der Waals surface area contributed by atoms with Gasteiger partial charge in [0.1, 0.15) is 11.5 Å².